The Hall–Kier alpha value is -0.860. The van der Waals surface area contributed by atoms with Gasteiger partial charge in [-0.1, -0.05) is 13.3 Å². The predicted octanol–water partition coefficient (Wildman–Crippen LogP) is 2.15. The lowest BCUT2D eigenvalue weighted by Crippen LogP contribution is -2.43. The molecule has 2 unspecified atom stereocenters. The minimum atomic E-state index is 0.145. The van der Waals surface area contributed by atoms with Crippen LogP contribution in [0.25, 0.3) is 0 Å². The van der Waals surface area contributed by atoms with Crippen molar-refractivity contribution in [3.05, 3.63) is 0 Å². The van der Waals surface area contributed by atoms with E-state index in [1.54, 1.807) is 0 Å². The number of Topliss-reactive ketones (excluding diaryl/α,β-unsaturated/α-hetero) is 1. The van der Waals surface area contributed by atoms with Crippen molar-refractivity contribution in [2.24, 2.45) is 5.92 Å². The number of nitrogens with zero attached hydrogens (tertiary/aromatic N) is 1. The molecule has 0 spiro atoms. The Balaban J connectivity index is 2.06. The summed E-state index contributed by atoms with van der Waals surface area (Å²) >= 11 is 0. The molecule has 1 heterocycles. The minimum absolute atomic E-state index is 0.145. The van der Waals surface area contributed by atoms with Gasteiger partial charge in [-0.25, -0.2) is 0 Å². The molecule has 0 aromatic heterocycles. The number of rotatable bonds is 2. The van der Waals surface area contributed by atoms with E-state index in [2.05, 4.69) is 0 Å². The van der Waals surface area contributed by atoms with Crippen LogP contribution in [0.2, 0.25) is 0 Å². The summed E-state index contributed by atoms with van der Waals surface area (Å²) in [5.41, 5.74) is 0. The zero-order chi connectivity index (χ0) is 11.5. The molecule has 2 rings (SSSR count). The zero-order valence-corrected chi connectivity index (χ0v) is 10.1. The highest BCUT2D eigenvalue weighted by molar-refractivity contribution is 5.84. The summed E-state index contributed by atoms with van der Waals surface area (Å²) in [6.07, 6.45) is 6.59. The van der Waals surface area contributed by atoms with E-state index in [4.69, 9.17) is 0 Å². The fraction of sp³-hybridized carbons (Fsp3) is 0.846. The maximum absolute atomic E-state index is 11.9. The summed E-state index contributed by atoms with van der Waals surface area (Å²) in [5, 5.41) is 0. The van der Waals surface area contributed by atoms with E-state index < -0.39 is 0 Å². The van der Waals surface area contributed by atoms with Gasteiger partial charge in [-0.2, -0.15) is 0 Å². The third kappa shape index (κ3) is 2.13. The molecule has 90 valence electrons. The van der Waals surface area contributed by atoms with E-state index in [1.807, 2.05) is 11.8 Å². The van der Waals surface area contributed by atoms with Crippen LogP contribution in [0.3, 0.4) is 0 Å². The molecular formula is C13H21NO2. The molecular weight excluding hydrogens is 202 g/mol. The van der Waals surface area contributed by atoms with Gasteiger partial charge in [0.15, 0.2) is 0 Å². The molecule has 1 saturated carbocycles. The molecule has 1 aliphatic heterocycles. The normalized spacial score (nSPS) is 30.8. The van der Waals surface area contributed by atoms with Gasteiger partial charge in [0, 0.05) is 31.3 Å². The quantitative estimate of drug-likeness (QED) is 0.719. The molecule has 0 radical (unpaired) electrons. The average molecular weight is 223 g/mol. The minimum Gasteiger partial charge on any atom is -0.339 e. The molecule has 0 aromatic rings. The molecule has 2 aliphatic rings. The smallest absolute Gasteiger partial charge is 0.222 e. The Morgan fingerprint density at radius 2 is 2.12 bits per heavy atom. The molecule has 1 amide bonds. The SMILES string of the molecule is CCC(=O)N1CCCC1C1CCCCC1=O. The molecule has 1 aliphatic carbocycles. The van der Waals surface area contributed by atoms with E-state index in [-0.39, 0.29) is 17.9 Å². The number of carbonyl (C=O) groups is 2. The molecule has 16 heavy (non-hydrogen) atoms. The van der Waals surface area contributed by atoms with Gasteiger partial charge in [-0.05, 0) is 25.7 Å². The lowest BCUT2D eigenvalue weighted by molar-refractivity contribution is -0.135. The second-order valence-corrected chi connectivity index (χ2v) is 4.97. The number of hydrogen-bond donors (Lipinski definition) is 0. The van der Waals surface area contributed by atoms with Gasteiger partial charge < -0.3 is 4.90 Å². The lowest BCUT2D eigenvalue weighted by Gasteiger charge is -2.32. The number of likely N-dealkylation sites (tertiary alicyclic amines) is 1. The van der Waals surface area contributed by atoms with Crippen LogP contribution >= 0.6 is 0 Å². The molecule has 1 saturated heterocycles. The van der Waals surface area contributed by atoms with Crippen molar-refractivity contribution in [2.75, 3.05) is 6.54 Å². The Morgan fingerprint density at radius 3 is 2.81 bits per heavy atom. The molecule has 3 nitrogen and oxygen atoms in total. The van der Waals surface area contributed by atoms with Gasteiger partial charge in [-0.3, -0.25) is 9.59 Å². The highest BCUT2D eigenvalue weighted by Crippen LogP contribution is 2.32. The number of amides is 1. The molecule has 3 heteroatoms. The summed E-state index contributed by atoms with van der Waals surface area (Å²) in [6, 6.07) is 0.222. The first kappa shape index (κ1) is 11.6. The number of hydrogen-bond acceptors (Lipinski definition) is 2. The molecule has 2 atom stereocenters. The third-order valence-corrected chi connectivity index (χ3v) is 3.99. The second kappa shape index (κ2) is 4.98. The first-order valence-electron chi connectivity index (χ1n) is 6.56. The van der Waals surface area contributed by atoms with Crippen LogP contribution in [-0.4, -0.2) is 29.2 Å². The van der Waals surface area contributed by atoms with Crippen LogP contribution in [-0.2, 0) is 9.59 Å². The maximum Gasteiger partial charge on any atom is 0.222 e. The Labute approximate surface area is 97.2 Å². The van der Waals surface area contributed by atoms with Crippen LogP contribution in [0.1, 0.15) is 51.9 Å². The molecule has 0 bridgehead atoms. The summed E-state index contributed by atoms with van der Waals surface area (Å²) in [6.45, 7) is 2.77. The number of ketones is 1. The third-order valence-electron chi connectivity index (χ3n) is 3.99. The van der Waals surface area contributed by atoms with Gasteiger partial charge in [-0.15, -0.1) is 0 Å². The molecule has 2 fully saturated rings. The van der Waals surface area contributed by atoms with E-state index in [0.717, 1.165) is 45.1 Å². The first-order chi connectivity index (χ1) is 7.74. The summed E-state index contributed by atoms with van der Waals surface area (Å²) in [4.78, 5) is 25.7. The topological polar surface area (TPSA) is 37.4 Å². The average Bonchev–Trinajstić information content (AvgIpc) is 2.77. The number of carbonyl (C=O) groups excluding carboxylic acids is 2. The summed E-state index contributed by atoms with van der Waals surface area (Å²) in [5.74, 6) is 0.764. The largest absolute Gasteiger partial charge is 0.339 e. The first-order valence-corrected chi connectivity index (χ1v) is 6.56. The van der Waals surface area contributed by atoms with Crippen molar-refractivity contribution < 1.29 is 9.59 Å². The van der Waals surface area contributed by atoms with Gasteiger partial charge in [0.25, 0.3) is 0 Å². The zero-order valence-electron chi connectivity index (χ0n) is 10.1. The Morgan fingerprint density at radius 1 is 1.31 bits per heavy atom. The fourth-order valence-corrected chi connectivity index (χ4v) is 3.14. The highest BCUT2D eigenvalue weighted by atomic mass is 16.2. The summed E-state index contributed by atoms with van der Waals surface area (Å²) in [7, 11) is 0. The van der Waals surface area contributed by atoms with E-state index in [0.29, 0.717) is 12.2 Å². The van der Waals surface area contributed by atoms with Gasteiger partial charge in [0.2, 0.25) is 5.91 Å². The van der Waals surface area contributed by atoms with E-state index >= 15 is 0 Å². The molecule has 0 aromatic carbocycles. The van der Waals surface area contributed by atoms with Crippen LogP contribution < -0.4 is 0 Å². The monoisotopic (exact) mass is 223 g/mol. The van der Waals surface area contributed by atoms with E-state index in [1.165, 1.54) is 0 Å². The Kier molecular flexibility index (Phi) is 3.62. The van der Waals surface area contributed by atoms with Crippen molar-refractivity contribution in [3.63, 3.8) is 0 Å². The van der Waals surface area contributed by atoms with Crippen LogP contribution in [0.15, 0.2) is 0 Å². The van der Waals surface area contributed by atoms with E-state index in [9.17, 15) is 9.59 Å². The standard InChI is InChI=1S/C13H21NO2/c1-2-13(16)14-9-5-7-11(14)10-6-3-4-8-12(10)15/h10-11H,2-9H2,1H3. The second-order valence-electron chi connectivity index (χ2n) is 4.97. The summed E-state index contributed by atoms with van der Waals surface area (Å²) < 4.78 is 0. The highest BCUT2D eigenvalue weighted by Gasteiger charge is 2.38. The fourth-order valence-electron chi connectivity index (χ4n) is 3.14. The Bertz CT molecular complexity index is 288. The van der Waals surface area contributed by atoms with Gasteiger partial charge in [0.1, 0.15) is 5.78 Å². The van der Waals surface area contributed by atoms with Crippen molar-refractivity contribution in [3.8, 4) is 0 Å². The van der Waals surface area contributed by atoms with Gasteiger partial charge in [0.05, 0.1) is 0 Å². The van der Waals surface area contributed by atoms with Crippen molar-refractivity contribution in [1.29, 1.82) is 0 Å². The van der Waals surface area contributed by atoms with Crippen LogP contribution in [0, 0.1) is 5.92 Å². The predicted molar refractivity (Wildman–Crippen MR) is 62.0 cm³/mol. The van der Waals surface area contributed by atoms with Crippen LogP contribution in [0.4, 0.5) is 0 Å². The molecule has 0 N–H and O–H groups in total. The van der Waals surface area contributed by atoms with Crippen LogP contribution in [0.5, 0.6) is 0 Å². The maximum atomic E-state index is 11.9. The van der Waals surface area contributed by atoms with Crippen molar-refractivity contribution >= 4 is 11.7 Å². The van der Waals surface area contributed by atoms with Crippen molar-refractivity contribution in [1.82, 2.24) is 4.90 Å². The van der Waals surface area contributed by atoms with Gasteiger partial charge >= 0.3 is 0 Å². The van der Waals surface area contributed by atoms with Crippen molar-refractivity contribution in [2.45, 2.75) is 57.9 Å². The lowest BCUT2D eigenvalue weighted by atomic mass is 9.82.